The molecule has 0 saturated heterocycles. The molecule has 0 unspecified atom stereocenters. The molecule has 3 aromatic rings. The van der Waals surface area contributed by atoms with Crippen molar-refractivity contribution in [1.29, 1.82) is 0 Å². The molecule has 2 heterocycles. The van der Waals surface area contributed by atoms with Gasteiger partial charge in [0.15, 0.2) is 5.92 Å². The van der Waals surface area contributed by atoms with Gasteiger partial charge in [0, 0.05) is 20.3 Å². The van der Waals surface area contributed by atoms with E-state index in [2.05, 4.69) is 0 Å². The van der Waals surface area contributed by atoms with Crippen LogP contribution in [0, 0.1) is 11.7 Å². The molecular weight excluding hydrogens is 401 g/mol. The smallest absolute Gasteiger partial charge is 0.321 e. The molecule has 4 rings (SSSR count). The molecule has 0 aliphatic carbocycles. The lowest BCUT2D eigenvalue weighted by atomic mass is 9.89. The van der Waals surface area contributed by atoms with Crippen molar-refractivity contribution in [1.82, 2.24) is 9.55 Å². The summed E-state index contributed by atoms with van der Waals surface area (Å²) in [6.07, 6.45) is 0.586. The largest absolute Gasteiger partial charge is 0.465 e. The number of nitrogens with zero attached hydrogens (tertiary/aromatic N) is 3. The van der Waals surface area contributed by atoms with Crippen LogP contribution in [0.15, 0.2) is 48.5 Å². The van der Waals surface area contributed by atoms with Crippen molar-refractivity contribution < 1.29 is 23.5 Å². The lowest BCUT2D eigenvalue weighted by Crippen LogP contribution is -2.50. The van der Waals surface area contributed by atoms with Gasteiger partial charge in [-0.1, -0.05) is 24.3 Å². The van der Waals surface area contributed by atoms with Crippen LogP contribution in [0.1, 0.15) is 24.9 Å². The summed E-state index contributed by atoms with van der Waals surface area (Å²) in [5.74, 6) is -2.04. The molecule has 31 heavy (non-hydrogen) atoms. The Labute approximate surface area is 179 Å². The number of aromatic nitrogens is 2. The minimum atomic E-state index is -1.11. The minimum Gasteiger partial charge on any atom is -0.465 e. The fraction of sp³-hybridized carbons (Fsp3) is 0.348. The summed E-state index contributed by atoms with van der Waals surface area (Å²) in [4.78, 5) is 32.8. The molecule has 1 aliphatic rings. The molecular formula is C23H24FN3O4. The molecule has 0 saturated carbocycles. The SMILES string of the molecule is CCOC(=O)[C@@H]1C(=O)N(CCCOC)c2nc3ccccc3n2[C@@H]1c1ccc(F)cc1. The fourth-order valence-electron chi connectivity index (χ4n) is 4.09. The van der Waals surface area contributed by atoms with Gasteiger partial charge in [0.25, 0.3) is 0 Å². The summed E-state index contributed by atoms with van der Waals surface area (Å²) < 4.78 is 25.9. The number of esters is 1. The summed E-state index contributed by atoms with van der Waals surface area (Å²) in [7, 11) is 1.60. The molecule has 0 N–H and O–H groups in total. The first-order valence-corrected chi connectivity index (χ1v) is 10.3. The molecule has 1 aliphatic heterocycles. The Hall–Kier alpha value is -3.26. The number of carbonyl (C=O) groups excluding carboxylic acids is 2. The molecule has 1 amide bonds. The maximum atomic E-state index is 13.6. The number of benzene rings is 2. The second-order valence-electron chi connectivity index (χ2n) is 7.33. The topological polar surface area (TPSA) is 73.7 Å². The number of para-hydroxylation sites is 2. The van der Waals surface area contributed by atoms with Crippen LogP contribution in [-0.2, 0) is 19.1 Å². The van der Waals surface area contributed by atoms with Crippen LogP contribution >= 0.6 is 0 Å². The maximum absolute atomic E-state index is 13.6. The van der Waals surface area contributed by atoms with Gasteiger partial charge >= 0.3 is 5.97 Å². The number of imidazole rings is 1. The van der Waals surface area contributed by atoms with Crippen LogP contribution in [0.5, 0.6) is 0 Å². The van der Waals surface area contributed by atoms with Crippen LogP contribution in [0.2, 0.25) is 0 Å². The minimum absolute atomic E-state index is 0.153. The number of rotatable bonds is 7. The second kappa shape index (κ2) is 8.85. The van der Waals surface area contributed by atoms with Gasteiger partial charge in [0.1, 0.15) is 5.82 Å². The summed E-state index contributed by atoms with van der Waals surface area (Å²) in [5.41, 5.74) is 2.12. The van der Waals surface area contributed by atoms with E-state index in [0.29, 0.717) is 36.6 Å². The average Bonchev–Trinajstić information content (AvgIpc) is 3.15. The van der Waals surface area contributed by atoms with E-state index >= 15 is 0 Å². The predicted octanol–water partition coefficient (Wildman–Crippen LogP) is 3.33. The lowest BCUT2D eigenvalue weighted by molar-refractivity contribution is -0.153. The number of halogens is 1. The molecule has 2 atom stereocenters. The number of hydrogen-bond acceptors (Lipinski definition) is 5. The molecule has 0 fully saturated rings. The van der Waals surface area contributed by atoms with Crippen molar-refractivity contribution in [3.8, 4) is 0 Å². The van der Waals surface area contributed by atoms with Gasteiger partial charge in [-0.2, -0.15) is 0 Å². The highest BCUT2D eigenvalue weighted by Gasteiger charge is 2.47. The van der Waals surface area contributed by atoms with Crippen molar-refractivity contribution in [3.05, 3.63) is 59.9 Å². The summed E-state index contributed by atoms with van der Waals surface area (Å²) in [6, 6.07) is 12.6. The molecule has 0 radical (unpaired) electrons. The molecule has 1 aromatic heterocycles. The number of hydrogen-bond donors (Lipinski definition) is 0. The van der Waals surface area contributed by atoms with Crippen molar-refractivity contribution in [3.63, 3.8) is 0 Å². The first-order chi connectivity index (χ1) is 15.1. The average molecular weight is 425 g/mol. The first kappa shape index (κ1) is 21.0. The normalized spacial score (nSPS) is 18.3. The maximum Gasteiger partial charge on any atom is 0.321 e. The highest BCUT2D eigenvalue weighted by Crippen LogP contribution is 2.41. The lowest BCUT2D eigenvalue weighted by Gasteiger charge is -2.38. The standard InChI is InChI=1S/C23H24FN3O4/c1-3-31-22(29)19-20(15-9-11-16(24)12-10-15)27-18-8-5-4-7-17(18)25-23(27)26(21(19)28)13-6-14-30-2/h4-5,7-12,19-20H,3,6,13-14H2,1-2H3/t19-,20+/m0/s1. The van der Waals surface area contributed by atoms with E-state index in [1.54, 1.807) is 26.2 Å². The van der Waals surface area contributed by atoms with Crippen LogP contribution in [0.25, 0.3) is 11.0 Å². The van der Waals surface area contributed by atoms with Gasteiger partial charge < -0.3 is 14.0 Å². The van der Waals surface area contributed by atoms with Gasteiger partial charge in [-0.05, 0) is 43.2 Å². The van der Waals surface area contributed by atoms with E-state index in [4.69, 9.17) is 14.5 Å². The Balaban J connectivity index is 1.93. The highest BCUT2D eigenvalue weighted by molar-refractivity contribution is 6.08. The third kappa shape index (κ3) is 3.79. The van der Waals surface area contributed by atoms with E-state index in [0.717, 1.165) is 5.52 Å². The van der Waals surface area contributed by atoms with E-state index in [1.807, 2.05) is 28.8 Å². The zero-order valence-electron chi connectivity index (χ0n) is 17.5. The summed E-state index contributed by atoms with van der Waals surface area (Å²) >= 11 is 0. The molecule has 0 spiro atoms. The van der Waals surface area contributed by atoms with Gasteiger partial charge in [0.2, 0.25) is 11.9 Å². The highest BCUT2D eigenvalue weighted by atomic mass is 19.1. The Morgan fingerprint density at radius 1 is 1.16 bits per heavy atom. The zero-order chi connectivity index (χ0) is 22.0. The zero-order valence-corrected chi connectivity index (χ0v) is 17.5. The molecule has 2 aromatic carbocycles. The van der Waals surface area contributed by atoms with Crippen molar-refractivity contribution in [2.75, 3.05) is 31.8 Å². The number of methoxy groups -OCH3 is 1. The van der Waals surface area contributed by atoms with E-state index in [9.17, 15) is 14.0 Å². The number of anilines is 1. The quantitative estimate of drug-likeness (QED) is 0.330. The number of amides is 1. The molecule has 7 nitrogen and oxygen atoms in total. The van der Waals surface area contributed by atoms with Gasteiger partial charge in [0.05, 0.1) is 23.7 Å². The first-order valence-electron chi connectivity index (χ1n) is 10.3. The van der Waals surface area contributed by atoms with Gasteiger partial charge in [-0.25, -0.2) is 9.37 Å². The number of fused-ring (bicyclic) bond motifs is 3. The van der Waals surface area contributed by atoms with Crippen LogP contribution in [0.4, 0.5) is 10.3 Å². The van der Waals surface area contributed by atoms with Gasteiger partial charge in [-0.3, -0.25) is 14.5 Å². The van der Waals surface area contributed by atoms with E-state index < -0.39 is 23.7 Å². The van der Waals surface area contributed by atoms with Crippen molar-refractivity contribution >= 4 is 28.9 Å². The molecule has 162 valence electrons. The Morgan fingerprint density at radius 2 is 1.90 bits per heavy atom. The van der Waals surface area contributed by atoms with E-state index in [-0.39, 0.29) is 12.5 Å². The third-order valence-corrected chi connectivity index (χ3v) is 5.43. The molecule has 8 heteroatoms. The van der Waals surface area contributed by atoms with Crippen molar-refractivity contribution in [2.24, 2.45) is 5.92 Å². The second-order valence-corrected chi connectivity index (χ2v) is 7.33. The van der Waals surface area contributed by atoms with Gasteiger partial charge in [-0.15, -0.1) is 0 Å². The number of ether oxygens (including phenoxy) is 2. The Bertz CT molecular complexity index is 1100. The Kier molecular flexibility index (Phi) is 5.99. The van der Waals surface area contributed by atoms with Crippen LogP contribution < -0.4 is 4.90 Å². The Morgan fingerprint density at radius 3 is 2.61 bits per heavy atom. The molecule has 0 bridgehead atoms. The summed E-state index contributed by atoms with van der Waals surface area (Å²) in [6.45, 7) is 2.67. The third-order valence-electron chi connectivity index (χ3n) is 5.43. The summed E-state index contributed by atoms with van der Waals surface area (Å²) in [5, 5.41) is 0. The monoisotopic (exact) mass is 425 g/mol. The van der Waals surface area contributed by atoms with Crippen LogP contribution in [-0.4, -0.2) is 48.3 Å². The van der Waals surface area contributed by atoms with Crippen LogP contribution in [0.3, 0.4) is 0 Å². The van der Waals surface area contributed by atoms with Crippen molar-refractivity contribution in [2.45, 2.75) is 19.4 Å². The number of carbonyl (C=O) groups is 2. The fourth-order valence-corrected chi connectivity index (χ4v) is 4.09. The van der Waals surface area contributed by atoms with E-state index in [1.165, 1.54) is 17.0 Å². The predicted molar refractivity (Wildman–Crippen MR) is 113 cm³/mol.